The monoisotopic (exact) mass is 312 g/mol. The highest BCUT2D eigenvalue weighted by Gasteiger charge is 2.09. The zero-order valence-electron chi connectivity index (χ0n) is 13.5. The van der Waals surface area contributed by atoms with Crippen LogP contribution in [0.1, 0.15) is 51.4 Å². The van der Waals surface area contributed by atoms with Crippen molar-refractivity contribution in [3.05, 3.63) is 25.0 Å². The topological polar surface area (TPSA) is 72.8 Å². The van der Waals surface area contributed by atoms with Crippen LogP contribution in [0.25, 0.3) is 0 Å². The molecule has 1 rings (SSSR count). The molecule has 22 heavy (non-hydrogen) atoms. The lowest BCUT2D eigenvalue weighted by molar-refractivity contribution is -0.141. The second kappa shape index (κ2) is 14.2. The van der Waals surface area contributed by atoms with Gasteiger partial charge in [0.15, 0.2) is 0 Å². The molecule has 0 atom stereocenters. The normalized spacial score (nSPS) is 14.8. The largest absolute Gasteiger partial charge is 0.498 e. The molecular formula is C17H28O5. The second-order valence-electron chi connectivity index (χ2n) is 5.15. The van der Waals surface area contributed by atoms with E-state index < -0.39 is 5.97 Å². The molecule has 0 saturated heterocycles. The van der Waals surface area contributed by atoms with Gasteiger partial charge >= 0.3 is 11.9 Å². The van der Waals surface area contributed by atoms with E-state index in [1.54, 1.807) is 0 Å². The number of carboxylic acid groups (broad SMARTS) is 1. The van der Waals surface area contributed by atoms with Crippen molar-refractivity contribution in [2.75, 3.05) is 13.7 Å². The predicted molar refractivity (Wildman–Crippen MR) is 85.4 cm³/mol. The minimum Gasteiger partial charge on any atom is -0.498 e. The fraction of sp³-hybridized carbons (Fsp3) is 0.647. The van der Waals surface area contributed by atoms with Crippen molar-refractivity contribution in [1.82, 2.24) is 0 Å². The molecule has 126 valence electrons. The maximum absolute atomic E-state index is 10.4. The summed E-state index contributed by atoms with van der Waals surface area (Å²) in [6.45, 7) is 4.17. The number of carboxylic acids is 1. The molecule has 0 unspecified atom stereocenters. The quantitative estimate of drug-likeness (QED) is 0.320. The van der Waals surface area contributed by atoms with Crippen molar-refractivity contribution in [2.45, 2.75) is 51.4 Å². The summed E-state index contributed by atoms with van der Waals surface area (Å²) in [6.07, 6.45) is 13.4. The van der Waals surface area contributed by atoms with E-state index >= 15 is 0 Å². The van der Waals surface area contributed by atoms with Gasteiger partial charge in [0, 0.05) is 12.8 Å². The van der Waals surface area contributed by atoms with E-state index in [9.17, 15) is 9.59 Å². The summed E-state index contributed by atoms with van der Waals surface area (Å²) >= 11 is 0. The molecule has 5 heteroatoms. The number of ether oxygens (including phenoxy) is 2. The van der Waals surface area contributed by atoms with E-state index in [1.807, 2.05) is 0 Å². The van der Waals surface area contributed by atoms with Crippen molar-refractivity contribution in [1.29, 1.82) is 0 Å². The molecule has 1 aliphatic rings. The Labute approximate surface area is 133 Å². The van der Waals surface area contributed by atoms with Gasteiger partial charge < -0.3 is 14.6 Å². The number of carbonyl (C=O) groups is 2. The van der Waals surface area contributed by atoms with E-state index in [-0.39, 0.29) is 18.8 Å². The molecule has 0 aromatic carbocycles. The number of hydrogen-bond acceptors (Lipinski definition) is 4. The fourth-order valence-corrected chi connectivity index (χ4v) is 2.18. The smallest absolute Gasteiger partial charge is 0.305 e. The standard InChI is InChI=1S/C11H18O.C6H10O4/c1-2-12-10-6-9-11-7-4-3-5-8-11;1-10-6(9)4-2-3-5(7)8/h2,6,9,11H,1,3-5,7-8,10H2;2-4H2,1H3,(H,7,8). The van der Waals surface area contributed by atoms with E-state index in [4.69, 9.17) is 9.84 Å². The van der Waals surface area contributed by atoms with Crippen LogP contribution in [0, 0.1) is 5.92 Å². The molecule has 0 aliphatic heterocycles. The molecule has 1 N–H and O–H groups in total. The number of hydrogen-bond donors (Lipinski definition) is 1. The van der Waals surface area contributed by atoms with Gasteiger partial charge in [-0.2, -0.15) is 0 Å². The molecule has 0 amide bonds. The van der Waals surface area contributed by atoms with Crippen molar-refractivity contribution < 1.29 is 24.2 Å². The summed E-state index contributed by atoms with van der Waals surface area (Å²) < 4.78 is 9.30. The van der Waals surface area contributed by atoms with E-state index in [1.165, 1.54) is 45.5 Å². The van der Waals surface area contributed by atoms with E-state index in [2.05, 4.69) is 23.5 Å². The van der Waals surface area contributed by atoms with Gasteiger partial charge in [0.2, 0.25) is 0 Å². The third kappa shape index (κ3) is 13.2. The Morgan fingerprint density at radius 2 is 1.91 bits per heavy atom. The number of aliphatic carboxylic acids is 1. The first kappa shape index (κ1) is 20.2. The fourth-order valence-electron chi connectivity index (χ4n) is 2.18. The third-order valence-electron chi connectivity index (χ3n) is 3.37. The van der Waals surface area contributed by atoms with Crippen LogP contribution < -0.4 is 0 Å². The summed E-state index contributed by atoms with van der Waals surface area (Å²) in [5.41, 5.74) is 0. The summed E-state index contributed by atoms with van der Waals surface area (Å²) in [5.74, 6) is -0.433. The first-order valence-electron chi connectivity index (χ1n) is 7.78. The van der Waals surface area contributed by atoms with Crippen LogP contribution in [0.15, 0.2) is 25.0 Å². The zero-order chi connectivity index (χ0) is 16.6. The Kier molecular flexibility index (Phi) is 13.0. The average Bonchev–Trinajstić information content (AvgIpc) is 2.53. The summed E-state index contributed by atoms with van der Waals surface area (Å²) in [4.78, 5) is 20.3. The average molecular weight is 312 g/mol. The predicted octanol–water partition coefficient (Wildman–Crippen LogP) is 3.70. The van der Waals surface area contributed by atoms with Gasteiger partial charge in [0.05, 0.1) is 13.4 Å². The van der Waals surface area contributed by atoms with Crippen LogP contribution in [-0.4, -0.2) is 30.8 Å². The zero-order valence-corrected chi connectivity index (χ0v) is 13.5. The van der Waals surface area contributed by atoms with Gasteiger partial charge in [0.25, 0.3) is 0 Å². The Balaban J connectivity index is 0.000000409. The maximum atomic E-state index is 10.4. The van der Waals surface area contributed by atoms with Gasteiger partial charge in [-0.1, -0.05) is 38.0 Å². The first-order valence-corrected chi connectivity index (χ1v) is 7.78. The highest BCUT2D eigenvalue weighted by Crippen LogP contribution is 2.24. The van der Waals surface area contributed by atoms with Gasteiger partial charge in [-0.05, 0) is 25.2 Å². The summed E-state index contributed by atoms with van der Waals surface area (Å²) in [7, 11) is 1.28. The number of rotatable bonds is 8. The van der Waals surface area contributed by atoms with Crippen molar-refractivity contribution in [2.24, 2.45) is 5.92 Å². The first-order chi connectivity index (χ1) is 10.6. The van der Waals surface area contributed by atoms with Crippen LogP contribution in [0.4, 0.5) is 0 Å². The van der Waals surface area contributed by atoms with Gasteiger partial charge in [-0.15, -0.1) is 0 Å². The van der Waals surface area contributed by atoms with Gasteiger partial charge in [0.1, 0.15) is 6.61 Å². The molecule has 0 bridgehead atoms. The maximum Gasteiger partial charge on any atom is 0.305 e. The lowest BCUT2D eigenvalue weighted by atomic mass is 9.89. The summed E-state index contributed by atoms with van der Waals surface area (Å²) in [6, 6.07) is 0. The molecule has 1 saturated carbocycles. The third-order valence-corrected chi connectivity index (χ3v) is 3.37. The molecule has 0 radical (unpaired) electrons. The van der Waals surface area contributed by atoms with E-state index in [0.29, 0.717) is 13.0 Å². The SMILES string of the molecule is C=COCC=CC1CCCCC1.COC(=O)CCCC(=O)O. The molecule has 0 heterocycles. The molecule has 0 spiro atoms. The molecule has 0 aromatic heterocycles. The number of allylic oxidation sites excluding steroid dienone is 1. The van der Waals surface area contributed by atoms with E-state index in [0.717, 1.165) is 5.92 Å². The van der Waals surface area contributed by atoms with Gasteiger partial charge in [-0.25, -0.2) is 0 Å². The van der Waals surface area contributed by atoms with Crippen LogP contribution in [0.3, 0.4) is 0 Å². The second-order valence-corrected chi connectivity index (χ2v) is 5.15. The highest BCUT2D eigenvalue weighted by molar-refractivity contribution is 5.71. The summed E-state index contributed by atoms with van der Waals surface area (Å²) in [5, 5.41) is 8.15. The minimum absolute atomic E-state index is 0.0229. The van der Waals surface area contributed by atoms with Crippen LogP contribution in [-0.2, 0) is 19.1 Å². The number of methoxy groups -OCH3 is 1. The molecule has 0 aromatic rings. The lowest BCUT2D eigenvalue weighted by Gasteiger charge is -2.17. The molecule has 5 nitrogen and oxygen atoms in total. The Morgan fingerprint density at radius 3 is 2.45 bits per heavy atom. The Morgan fingerprint density at radius 1 is 1.23 bits per heavy atom. The van der Waals surface area contributed by atoms with Crippen molar-refractivity contribution in [3.8, 4) is 0 Å². The van der Waals surface area contributed by atoms with Crippen molar-refractivity contribution >= 4 is 11.9 Å². The molecule has 1 fully saturated rings. The lowest BCUT2D eigenvalue weighted by Crippen LogP contribution is -2.02. The van der Waals surface area contributed by atoms with Crippen LogP contribution >= 0.6 is 0 Å². The number of carbonyl (C=O) groups excluding carboxylic acids is 1. The molecular weight excluding hydrogens is 284 g/mol. The van der Waals surface area contributed by atoms with Crippen molar-refractivity contribution in [3.63, 3.8) is 0 Å². The van der Waals surface area contributed by atoms with Crippen LogP contribution in [0.5, 0.6) is 0 Å². The van der Waals surface area contributed by atoms with Crippen LogP contribution in [0.2, 0.25) is 0 Å². The number of esters is 1. The minimum atomic E-state index is -0.885. The Hall–Kier alpha value is -1.78. The molecule has 1 aliphatic carbocycles. The van der Waals surface area contributed by atoms with Gasteiger partial charge in [-0.3, -0.25) is 9.59 Å². The highest BCUT2D eigenvalue weighted by atomic mass is 16.5. The Bertz CT molecular complexity index is 343.